The number of carboxylic acid groups (broad SMARTS) is 1. The van der Waals surface area contributed by atoms with Crippen molar-refractivity contribution in [1.29, 1.82) is 0 Å². The summed E-state index contributed by atoms with van der Waals surface area (Å²) in [6, 6.07) is 10.6. The lowest BCUT2D eigenvalue weighted by molar-refractivity contribution is -0.147. The number of hydrogen-bond acceptors (Lipinski definition) is 2. The van der Waals surface area contributed by atoms with E-state index in [1.165, 1.54) is 5.56 Å². The van der Waals surface area contributed by atoms with Crippen molar-refractivity contribution in [2.75, 3.05) is 19.6 Å². The molecule has 0 amide bonds. The zero-order chi connectivity index (χ0) is 14.6. The van der Waals surface area contributed by atoms with Crippen LogP contribution in [0.2, 0.25) is 0 Å². The number of benzene rings is 1. The minimum atomic E-state index is -0.660. The summed E-state index contributed by atoms with van der Waals surface area (Å²) in [6.45, 7) is 6.62. The van der Waals surface area contributed by atoms with Crippen LogP contribution in [0, 0.1) is 5.41 Å². The topological polar surface area (TPSA) is 40.5 Å². The molecule has 3 nitrogen and oxygen atoms in total. The average molecular weight is 275 g/mol. The fourth-order valence-corrected chi connectivity index (χ4v) is 3.14. The molecule has 1 fully saturated rings. The Balaban J connectivity index is 2.02. The van der Waals surface area contributed by atoms with E-state index in [2.05, 4.69) is 36.1 Å². The zero-order valence-electron chi connectivity index (χ0n) is 12.5. The number of rotatable bonds is 6. The van der Waals surface area contributed by atoms with Crippen LogP contribution in [0.4, 0.5) is 0 Å². The maximum Gasteiger partial charge on any atom is 0.310 e. The van der Waals surface area contributed by atoms with E-state index in [0.29, 0.717) is 12.5 Å². The zero-order valence-corrected chi connectivity index (χ0v) is 12.5. The first-order valence-corrected chi connectivity index (χ1v) is 7.56. The number of aliphatic carboxylic acids is 1. The van der Waals surface area contributed by atoms with Crippen molar-refractivity contribution >= 4 is 5.97 Å². The van der Waals surface area contributed by atoms with E-state index < -0.39 is 11.4 Å². The first kappa shape index (κ1) is 15.0. The minimum Gasteiger partial charge on any atom is -0.481 e. The molecule has 110 valence electrons. The summed E-state index contributed by atoms with van der Waals surface area (Å²) in [7, 11) is 0. The van der Waals surface area contributed by atoms with E-state index in [1.807, 2.05) is 13.0 Å². The summed E-state index contributed by atoms with van der Waals surface area (Å²) < 4.78 is 0. The molecular formula is C17H25NO2. The van der Waals surface area contributed by atoms with Gasteiger partial charge in [-0.15, -0.1) is 0 Å². The highest BCUT2D eigenvalue weighted by Crippen LogP contribution is 2.32. The summed E-state index contributed by atoms with van der Waals surface area (Å²) in [5.41, 5.74) is 0.811. The molecule has 1 aromatic carbocycles. The Bertz CT molecular complexity index is 446. The number of carboxylic acids is 1. The Morgan fingerprint density at radius 1 is 1.40 bits per heavy atom. The Morgan fingerprint density at radius 2 is 2.10 bits per heavy atom. The number of carbonyl (C=O) groups is 1. The molecule has 0 aromatic heterocycles. The van der Waals surface area contributed by atoms with Gasteiger partial charge in [0.15, 0.2) is 0 Å². The maximum atomic E-state index is 11.3. The predicted molar refractivity (Wildman–Crippen MR) is 80.9 cm³/mol. The van der Waals surface area contributed by atoms with Gasteiger partial charge in [-0.2, -0.15) is 0 Å². The van der Waals surface area contributed by atoms with Crippen molar-refractivity contribution in [2.24, 2.45) is 5.41 Å². The molecule has 0 radical (unpaired) electrons. The summed E-state index contributed by atoms with van der Waals surface area (Å²) >= 11 is 0. The van der Waals surface area contributed by atoms with Gasteiger partial charge in [0.1, 0.15) is 0 Å². The van der Waals surface area contributed by atoms with Crippen LogP contribution in [0.15, 0.2) is 30.3 Å². The highest BCUT2D eigenvalue weighted by Gasteiger charge is 2.40. The third-order valence-electron chi connectivity index (χ3n) is 4.46. The van der Waals surface area contributed by atoms with Crippen LogP contribution in [0.5, 0.6) is 0 Å². The van der Waals surface area contributed by atoms with Crippen LogP contribution in [-0.4, -0.2) is 35.6 Å². The summed E-state index contributed by atoms with van der Waals surface area (Å²) in [5, 5.41) is 9.32. The second kappa shape index (κ2) is 6.40. The lowest BCUT2D eigenvalue weighted by atomic mass is 9.90. The lowest BCUT2D eigenvalue weighted by Crippen LogP contribution is -2.33. The third-order valence-corrected chi connectivity index (χ3v) is 4.46. The molecule has 1 aromatic rings. The van der Waals surface area contributed by atoms with Gasteiger partial charge >= 0.3 is 5.97 Å². The van der Waals surface area contributed by atoms with Gasteiger partial charge < -0.3 is 10.0 Å². The molecule has 1 saturated heterocycles. The summed E-state index contributed by atoms with van der Waals surface area (Å²) in [6.07, 6.45) is 3.07. The number of likely N-dealkylation sites (tertiary alicyclic amines) is 1. The van der Waals surface area contributed by atoms with Gasteiger partial charge in [-0.3, -0.25) is 4.79 Å². The van der Waals surface area contributed by atoms with E-state index in [0.717, 1.165) is 32.4 Å². The van der Waals surface area contributed by atoms with Gasteiger partial charge in [-0.1, -0.05) is 43.7 Å². The standard InChI is InChI=1S/C17H25NO2/c1-3-7-15(14-8-5-4-6-9-14)12-18-11-10-17(2,13-18)16(19)20/h4-6,8-9,15H,3,7,10-13H2,1-2H3,(H,19,20). The SMILES string of the molecule is CCCC(CN1CCC(C)(C(=O)O)C1)c1ccccc1. The smallest absolute Gasteiger partial charge is 0.310 e. The molecule has 0 saturated carbocycles. The molecule has 2 atom stereocenters. The molecule has 1 N–H and O–H groups in total. The van der Waals surface area contributed by atoms with Gasteiger partial charge in [0, 0.05) is 13.1 Å². The molecule has 0 aliphatic carbocycles. The Hall–Kier alpha value is -1.35. The van der Waals surface area contributed by atoms with E-state index in [1.54, 1.807) is 0 Å². The molecule has 1 aliphatic heterocycles. The van der Waals surface area contributed by atoms with E-state index >= 15 is 0 Å². The van der Waals surface area contributed by atoms with Gasteiger partial charge in [0.25, 0.3) is 0 Å². The predicted octanol–water partition coefficient (Wildman–Crippen LogP) is 3.37. The van der Waals surface area contributed by atoms with Crippen molar-refractivity contribution in [2.45, 2.75) is 39.0 Å². The molecule has 2 rings (SSSR count). The summed E-state index contributed by atoms with van der Waals surface area (Å²) in [4.78, 5) is 13.6. The van der Waals surface area contributed by atoms with E-state index in [9.17, 15) is 9.90 Å². The highest BCUT2D eigenvalue weighted by molar-refractivity contribution is 5.74. The lowest BCUT2D eigenvalue weighted by Gasteiger charge is -2.25. The highest BCUT2D eigenvalue weighted by atomic mass is 16.4. The quantitative estimate of drug-likeness (QED) is 0.865. The first-order valence-electron chi connectivity index (χ1n) is 7.56. The van der Waals surface area contributed by atoms with Gasteiger partial charge in [-0.05, 0) is 37.8 Å². The monoisotopic (exact) mass is 275 g/mol. The minimum absolute atomic E-state index is 0.511. The van der Waals surface area contributed by atoms with Gasteiger partial charge in [-0.25, -0.2) is 0 Å². The van der Waals surface area contributed by atoms with Crippen LogP contribution in [0.3, 0.4) is 0 Å². The maximum absolute atomic E-state index is 11.3. The normalized spacial score (nSPS) is 24.7. The van der Waals surface area contributed by atoms with Crippen molar-refractivity contribution in [3.63, 3.8) is 0 Å². The van der Waals surface area contributed by atoms with Crippen LogP contribution in [0.25, 0.3) is 0 Å². The Kier molecular flexibility index (Phi) is 4.81. The molecule has 1 aliphatic rings. The molecule has 2 unspecified atom stereocenters. The van der Waals surface area contributed by atoms with Crippen molar-refractivity contribution in [3.05, 3.63) is 35.9 Å². The van der Waals surface area contributed by atoms with Crippen LogP contribution in [0.1, 0.15) is 44.6 Å². The molecule has 0 spiro atoms. The molecule has 3 heteroatoms. The third kappa shape index (κ3) is 3.40. The van der Waals surface area contributed by atoms with Crippen molar-refractivity contribution in [1.82, 2.24) is 4.90 Å². The second-order valence-corrected chi connectivity index (χ2v) is 6.25. The van der Waals surface area contributed by atoms with Crippen LogP contribution >= 0.6 is 0 Å². The van der Waals surface area contributed by atoms with Crippen molar-refractivity contribution < 1.29 is 9.90 Å². The second-order valence-electron chi connectivity index (χ2n) is 6.25. The van der Waals surface area contributed by atoms with Crippen LogP contribution in [-0.2, 0) is 4.79 Å². The Morgan fingerprint density at radius 3 is 2.65 bits per heavy atom. The van der Waals surface area contributed by atoms with Crippen LogP contribution < -0.4 is 0 Å². The summed E-state index contributed by atoms with van der Waals surface area (Å²) in [5.74, 6) is -0.149. The van der Waals surface area contributed by atoms with E-state index in [4.69, 9.17) is 0 Å². The molecule has 0 bridgehead atoms. The fourth-order valence-electron chi connectivity index (χ4n) is 3.14. The fraction of sp³-hybridized carbons (Fsp3) is 0.588. The average Bonchev–Trinajstić information content (AvgIpc) is 2.82. The largest absolute Gasteiger partial charge is 0.481 e. The number of nitrogens with zero attached hydrogens (tertiary/aromatic N) is 1. The first-order chi connectivity index (χ1) is 9.55. The Labute approximate surface area is 121 Å². The van der Waals surface area contributed by atoms with Gasteiger partial charge in [0.2, 0.25) is 0 Å². The van der Waals surface area contributed by atoms with E-state index in [-0.39, 0.29) is 0 Å². The van der Waals surface area contributed by atoms with Crippen molar-refractivity contribution in [3.8, 4) is 0 Å². The molecular weight excluding hydrogens is 250 g/mol. The molecule has 20 heavy (non-hydrogen) atoms. The van der Waals surface area contributed by atoms with Gasteiger partial charge in [0.05, 0.1) is 5.41 Å². The molecule has 1 heterocycles. The number of hydrogen-bond donors (Lipinski definition) is 1.